The fourth-order valence-corrected chi connectivity index (χ4v) is 2.72. The standard InChI is InChI=1S/C15H14BrFO/c1-15(18,12-7-3-4-8-13(12)16)10-11-6-2-5-9-14(11)17/h2-9,18H,10H2,1H3. The highest BCUT2D eigenvalue weighted by atomic mass is 79.9. The summed E-state index contributed by atoms with van der Waals surface area (Å²) in [5, 5.41) is 10.5. The highest BCUT2D eigenvalue weighted by Crippen LogP contribution is 2.31. The molecule has 2 rings (SSSR count). The minimum absolute atomic E-state index is 0.238. The molecule has 3 heteroatoms. The number of aliphatic hydroxyl groups is 1. The van der Waals surface area contributed by atoms with Crippen molar-refractivity contribution in [3.8, 4) is 0 Å². The van der Waals surface area contributed by atoms with Gasteiger partial charge in [-0.05, 0) is 30.2 Å². The summed E-state index contributed by atoms with van der Waals surface area (Å²) in [6, 6.07) is 14.0. The number of halogens is 2. The molecule has 0 aliphatic carbocycles. The van der Waals surface area contributed by atoms with E-state index in [2.05, 4.69) is 15.9 Å². The zero-order valence-electron chi connectivity index (χ0n) is 10.0. The van der Waals surface area contributed by atoms with Gasteiger partial charge in [-0.1, -0.05) is 52.3 Å². The van der Waals surface area contributed by atoms with Crippen LogP contribution in [0.15, 0.2) is 53.0 Å². The molecular weight excluding hydrogens is 295 g/mol. The van der Waals surface area contributed by atoms with Crippen molar-refractivity contribution in [1.29, 1.82) is 0 Å². The van der Waals surface area contributed by atoms with Gasteiger partial charge < -0.3 is 5.11 Å². The Kier molecular flexibility index (Phi) is 3.83. The Morgan fingerprint density at radius 3 is 2.39 bits per heavy atom. The number of benzene rings is 2. The van der Waals surface area contributed by atoms with Gasteiger partial charge >= 0.3 is 0 Å². The van der Waals surface area contributed by atoms with Gasteiger partial charge in [0.15, 0.2) is 0 Å². The van der Waals surface area contributed by atoms with Crippen LogP contribution in [0.5, 0.6) is 0 Å². The van der Waals surface area contributed by atoms with Crippen LogP contribution in [-0.4, -0.2) is 5.11 Å². The van der Waals surface area contributed by atoms with Gasteiger partial charge in [-0.15, -0.1) is 0 Å². The summed E-state index contributed by atoms with van der Waals surface area (Å²) in [7, 11) is 0. The molecule has 0 aromatic heterocycles. The van der Waals surface area contributed by atoms with Crippen LogP contribution in [0.4, 0.5) is 4.39 Å². The van der Waals surface area contributed by atoms with E-state index in [4.69, 9.17) is 0 Å². The molecule has 0 heterocycles. The Labute approximate surface area is 114 Å². The maximum atomic E-state index is 13.6. The van der Waals surface area contributed by atoms with Crippen LogP contribution >= 0.6 is 15.9 Å². The van der Waals surface area contributed by atoms with Gasteiger partial charge in [0, 0.05) is 10.9 Å². The average molecular weight is 309 g/mol. The lowest BCUT2D eigenvalue weighted by Gasteiger charge is -2.25. The van der Waals surface area contributed by atoms with Crippen LogP contribution in [-0.2, 0) is 12.0 Å². The molecule has 0 saturated carbocycles. The maximum absolute atomic E-state index is 13.6. The zero-order chi connectivity index (χ0) is 13.2. The van der Waals surface area contributed by atoms with Crippen LogP contribution in [0.25, 0.3) is 0 Å². The van der Waals surface area contributed by atoms with E-state index in [9.17, 15) is 9.50 Å². The number of hydrogen-bond acceptors (Lipinski definition) is 1. The Bertz CT molecular complexity index is 552. The van der Waals surface area contributed by atoms with Crippen LogP contribution < -0.4 is 0 Å². The lowest BCUT2D eigenvalue weighted by atomic mass is 9.89. The van der Waals surface area contributed by atoms with Crippen molar-refractivity contribution in [2.45, 2.75) is 18.9 Å². The van der Waals surface area contributed by atoms with Crippen LogP contribution in [0.3, 0.4) is 0 Å². The van der Waals surface area contributed by atoms with Gasteiger partial charge in [0.2, 0.25) is 0 Å². The second-order valence-electron chi connectivity index (χ2n) is 4.52. The molecule has 0 saturated heterocycles. The van der Waals surface area contributed by atoms with E-state index in [1.165, 1.54) is 6.07 Å². The van der Waals surface area contributed by atoms with Gasteiger partial charge in [0.05, 0.1) is 5.60 Å². The third-order valence-electron chi connectivity index (χ3n) is 2.95. The molecule has 0 fully saturated rings. The van der Waals surface area contributed by atoms with E-state index in [-0.39, 0.29) is 12.2 Å². The van der Waals surface area contributed by atoms with Crippen molar-refractivity contribution in [2.75, 3.05) is 0 Å². The van der Waals surface area contributed by atoms with Crippen molar-refractivity contribution in [3.05, 3.63) is 69.9 Å². The van der Waals surface area contributed by atoms with E-state index < -0.39 is 5.60 Å². The first-order valence-corrected chi connectivity index (χ1v) is 6.51. The monoisotopic (exact) mass is 308 g/mol. The molecule has 0 aliphatic heterocycles. The first-order valence-electron chi connectivity index (χ1n) is 5.71. The summed E-state index contributed by atoms with van der Waals surface area (Å²) in [6.07, 6.45) is 0.238. The average Bonchev–Trinajstić information content (AvgIpc) is 2.32. The maximum Gasteiger partial charge on any atom is 0.126 e. The van der Waals surface area contributed by atoms with E-state index >= 15 is 0 Å². The summed E-state index contributed by atoms with van der Waals surface area (Å²) in [5.41, 5.74) is 0.161. The van der Waals surface area contributed by atoms with E-state index in [1.807, 2.05) is 24.3 Å². The zero-order valence-corrected chi connectivity index (χ0v) is 11.6. The Hall–Kier alpha value is -1.19. The minimum Gasteiger partial charge on any atom is -0.385 e. The van der Waals surface area contributed by atoms with Crippen molar-refractivity contribution in [2.24, 2.45) is 0 Å². The second-order valence-corrected chi connectivity index (χ2v) is 5.38. The van der Waals surface area contributed by atoms with Crippen molar-refractivity contribution in [1.82, 2.24) is 0 Å². The highest BCUT2D eigenvalue weighted by Gasteiger charge is 2.26. The normalized spacial score (nSPS) is 14.2. The Morgan fingerprint density at radius 1 is 1.11 bits per heavy atom. The number of hydrogen-bond donors (Lipinski definition) is 1. The smallest absolute Gasteiger partial charge is 0.126 e. The molecule has 1 N–H and O–H groups in total. The predicted molar refractivity (Wildman–Crippen MR) is 73.8 cm³/mol. The van der Waals surface area contributed by atoms with Crippen molar-refractivity contribution in [3.63, 3.8) is 0 Å². The van der Waals surface area contributed by atoms with Gasteiger partial charge in [-0.25, -0.2) is 4.39 Å². The predicted octanol–water partition coefficient (Wildman–Crippen LogP) is 4.04. The first-order chi connectivity index (χ1) is 8.50. The molecule has 0 bridgehead atoms. The van der Waals surface area contributed by atoms with Crippen LogP contribution in [0, 0.1) is 5.82 Å². The third kappa shape index (κ3) is 2.79. The van der Waals surface area contributed by atoms with Crippen LogP contribution in [0.1, 0.15) is 18.1 Å². The summed E-state index contributed by atoms with van der Waals surface area (Å²) >= 11 is 3.41. The molecule has 2 aromatic carbocycles. The third-order valence-corrected chi connectivity index (χ3v) is 3.64. The summed E-state index contributed by atoms with van der Waals surface area (Å²) < 4.78 is 14.4. The lowest BCUT2D eigenvalue weighted by molar-refractivity contribution is 0.0559. The summed E-state index contributed by atoms with van der Waals surface area (Å²) in [5.74, 6) is -0.287. The van der Waals surface area contributed by atoms with Crippen molar-refractivity contribution < 1.29 is 9.50 Å². The largest absolute Gasteiger partial charge is 0.385 e. The van der Waals surface area contributed by atoms with Crippen molar-refractivity contribution >= 4 is 15.9 Å². The molecular formula is C15H14BrFO. The Morgan fingerprint density at radius 2 is 1.72 bits per heavy atom. The minimum atomic E-state index is -1.11. The topological polar surface area (TPSA) is 20.2 Å². The van der Waals surface area contributed by atoms with E-state index in [0.29, 0.717) is 5.56 Å². The molecule has 1 atom stereocenters. The molecule has 0 aliphatic rings. The molecule has 0 radical (unpaired) electrons. The molecule has 0 amide bonds. The van der Waals surface area contributed by atoms with Crippen LogP contribution in [0.2, 0.25) is 0 Å². The van der Waals surface area contributed by atoms with E-state index in [0.717, 1.165) is 10.0 Å². The fraction of sp³-hybridized carbons (Fsp3) is 0.200. The number of rotatable bonds is 3. The SMILES string of the molecule is CC(O)(Cc1ccccc1F)c1ccccc1Br. The fourth-order valence-electron chi connectivity index (χ4n) is 2.01. The molecule has 2 aromatic rings. The first kappa shape index (κ1) is 13.2. The van der Waals surface area contributed by atoms with Gasteiger partial charge in [-0.3, -0.25) is 0 Å². The second kappa shape index (κ2) is 5.21. The van der Waals surface area contributed by atoms with E-state index in [1.54, 1.807) is 25.1 Å². The molecule has 1 unspecified atom stereocenters. The molecule has 18 heavy (non-hydrogen) atoms. The highest BCUT2D eigenvalue weighted by molar-refractivity contribution is 9.10. The molecule has 0 spiro atoms. The molecule has 94 valence electrons. The quantitative estimate of drug-likeness (QED) is 0.907. The van der Waals surface area contributed by atoms with Gasteiger partial charge in [-0.2, -0.15) is 0 Å². The van der Waals surface area contributed by atoms with Gasteiger partial charge in [0.1, 0.15) is 5.82 Å². The lowest BCUT2D eigenvalue weighted by Crippen LogP contribution is -2.25. The van der Waals surface area contributed by atoms with Gasteiger partial charge in [0.25, 0.3) is 0 Å². The summed E-state index contributed by atoms with van der Waals surface area (Å²) in [6.45, 7) is 1.69. The Balaban J connectivity index is 2.33. The summed E-state index contributed by atoms with van der Waals surface area (Å²) in [4.78, 5) is 0. The molecule has 1 nitrogen and oxygen atoms in total.